The molecule has 0 aliphatic rings. The van der Waals surface area contributed by atoms with Gasteiger partial charge in [-0.05, 0) is 54.8 Å². The van der Waals surface area contributed by atoms with Gasteiger partial charge in [0.1, 0.15) is 0 Å². The van der Waals surface area contributed by atoms with Crippen LogP contribution in [-0.4, -0.2) is 26.9 Å². The summed E-state index contributed by atoms with van der Waals surface area (Å²) in [5.41, 5.74) is 1.78. The van der Waals surface area contributed by atoms with Crippen LogP contribution in [-0.2, 0) is 21.4 Å². The van der Waals surface area contributed by atoms with E-state index in [0.717, 1.165) is 10.4 Å². The van der Waals surface area contributed by atoms with E-state index in [-0.39, 0.29) is 17.3 Å². The number of amides is 3. The van der Waals surface area contributed by atoms with Gasteiger partial charge in [0.2, 0.25) is 5.91 Å². The van der Waals surface area contributed by atoms with E-state index in [1.807, 2.05) is 24.4 Å². The quantitative estimate of drug-likeness (QED) is 0.414. The number of hydrogen-bond acceptors (Lipinski definition) is 5. The van der Waals surface area contributed by atoms with Crippen LogP contribution in [0.25, 0.3) is 0 Å². The minimum atomic E-state index is -3.70. The van der Waals surface area contributed by atoms with E-state index in [9.17, 15) is 18.0 Å². The molecule has 0 saturated carbocycles. The lowest BCUT2D eigenvalue weighted by molar-refractivity contribution is -0.120. The van der Waals surface area contributed by atoms with Crippen LogP contribution >= 0.6 is 11.3 Å². The fourth-order valence-electron chi connectivity index (χ4n) is 2.55. The third-order valence-electron chi connectivity index (χ3n) is 4.18. The first-order valence-corrected chi connectivity index (χ1v) is 11.7. The molecule has 3 amide bonds. The monoisotopic (exact) mass is 458 g/mol. The van der Waals surface area contributed by atoms with Gasteiger partial charge in [-0.25, -0.2) is 13.2 Å². The highest BCUT2D eigenvalue weighted by molar-refractivity contribution is 7.92. The van der Waals surface area contributed by atoms with E-state index in [1.165, 1.54) is 35.6 Å². The molecule has 0 atom stereocenters. The number of carbonyl (C=O) groups is 2. The normalized spacial score (nSPS) is 10.9. The largest absolute Gasteiger partial charge is 0.350 e. The molecular formula is C21H22N4O4S2. The molecule has 0 spiro atoms. The van der Waals surface area contributed by atoms with E-state index in [1.54, 1.807) is 24.3 Å². The first-order chi connectivity index (χ1) is 14.8. The summed E-state index contributed by atoms with van der Waals surface area (Å²) in [6.07, 6.45) is 0. The van der Waals surface area contributed by atoms with Gasteiger partial charge in [0.15, 0.2) is 0 Å². The summed E-state index contributed by atoms with van der Waals surface area (Å²) in [7, 11) is -3.70. The summed E-state index contributed by atoms with van der Waals surface area (Å²) in [6.45, 7) is 2.13. The first kappa shape index (κ1) is 22.3. The second-order valence-corrected chi connectivity index (χ2v) is 9.37. The second-order valence-electron chi connectivity index (χ2n) is 6.66. The molecule has 8 nitrogen and oxygen atoms in total. The molecule has 31 heavy (non-hydrogen) atoms. The average molecular weight is 459 g/mol. The maximum absolute atomic E-state index is 12.4. The van der Waals surface area contributed by atoms with Gasteiger partial charge in [-0.1, -0.05) is 23.8 Å². The molecule has 0 saturated heterocycles. The number of thiophene rings is 1. The molecule has 4 N–H and O–H groups in total. The fourth-order valence-corrected chi connectivity index (χ4v) is 4.25. The number of urea groups is 1. The summed E-state index contributed by atoms with van der Waals surface area (Å²) in [5.74, 6) is -0.301. The summed E-state index contributed by atoms with van der Waals surface area (Å²) in [5, 5.41) is 9.70. The molecule has 162 valence electrons. The van der Waals surface area contributed by atoms with Crippen LogP contribution in [0.4, 0.5) is 16.2 Å². The highest BCUT2D eigenvalue weighted by atomic mass is 32.2. The lowest BCUT2D eigenvalue weighted by atomic mass is 10.2. The number of carbonyl (C=O) groups excluding carboxylic acids is 2. The Morgan fingerprint density at radius 2 is 1.58 bits per heavy atom. The number of nitrogens with one attached hydrogen (secondary N) is 4. The topological polar surface area (TPSA) is 116 Å². The Hall–Kier alpha value is -3.37. The molecule has 3 aromatic rings. The molecule has 1 aromatic heterocycles. The maximum Gasteiger partial charge on any atom is 0.319 e. The Bertz CT molecular complexity index is 1130. The van der Waals surface area contributed by atoms with Crippen molar-refractivity contribution in [2.45, 2.75) is 18.4 Å². The summed E-state index contributed by atoms with van der Waals surface area (Å²) < 4.78 is 27.3. The molecule has 0 radical (unpaired) electrons. The molecule has 0 bridgehead atoms. The fraction of sp³-hybridized carbons (Fsp3) is 0.143. The van der Waals surface area contributed by atoms with Crippen LogP contribution in [0.1, 0.15) is 10.4 Å². The van der Waals surface area contributed by atoms with Gasteiger partial charge < -0.3 is 16.0 Å². The van der Waals surface area contributed by atoms with Crippen LogP contribution in [0, 0.1) is 6.92 Å². The van der Waals surface area contributed by atoms with Crippen molar-refractivity contribution in [1.29, 1.82) is 0 Å². The summed E-state index contributed by atoms with van der Waals surface area (Å²) in [6, 6.07) is 16.0. The molecule has 3 rings (SSSR count). The Labute approximate surface area is 184 Å². The van der Waals surface area contributed by atoms with Crippen molar-refractivity contribution in [2.75, 3.05) is 16.6 Å². The van der Waals surface area contributed by atoms with Gasteiger partial charge in [-0.2, -0.15) is 0 Å². The van der Waals surface area contributed by atoms with Crippen LogP contribution in [0.5, 0.6) is 0 Å². The third kappa shape index (κ3) is 6.83. The number of aryl methyl sites for hydroxylation is 1. The van der Waals surface area contributed by atoms with Crippen LogP contribution in [0.2, 0.25) is 0 Å². The lowest BCUT2D eigenvalue weighted by Gasteiger charge is -2.10. The molecular weight excluding hydrogens is 436 g/mol. The van der Waals surface area contributed by atoms with Gasteiger partial charge >= 0.3 is 6.03 Å². The highest BCUT2D eigenvalue weighted by Gasteiger charge is 2.14. The van der Waals surface area contributed by atoms with Gasteiger partial charge in [-0.15, -0.1) is 11.3 Å². The van der Waals surface area contributed by atoms with E-state index >= 15 is 0 Å². The zero-order chi connectivity index (χ0) is 22.3. The van der Waals surface area contributed by atoms with Crippen molar-refractivity contribution in [2.24, 2.45) is 0 Å². The Kier molecular flexibility index (Phi) is 7.27. The van der Waals surface area contributed by atoms with Crippen LogP contribution in [0.15, 0.2) is 70.9 Å². The predicted molar refractivity (Wildman–Crippen MR) is 122 cm³/mol. The molecule has 0 aliphatic carbocycles. The molecule has 1 heterocycles. The average Bonchev–Trinajstić information content (AvgIpc) is 3.26. The number of anilines is 2. The van der Waals surface area contributed by atoms with Gasteiger partial charge in [0.05, 0.1) is 18.0 Å². The van der Waals surface area contributed by atoms with Crippen molar-refractivity contribution < 1.29 is 18.0 Å². The number of sulfonamides is 1. The number of benzene rings is 2. The Balaban J connectivity index is 1.46. The molecule has 0 aliphatic heterocycles. The van der Waals surface area contributed by atoms with E-state index < -0.39 is 16.1 Å². The number of rotatable bonds is 8. The van der Waals surface area contributed by atoms with E-state index in [4.69, 9.17) is 0 Å². The molecule has 0 unspecified atom stereocenters. The van der Waals surface area contributed by atoms with Crippen LogP contribution < -0.4 is 20.7 Å². The van der Waals surface area contributed by atoms with E-state index in [2.05, 4.69) is 20.7 Å². The van der Waals surface area contributed by atoms with Crippen molar-refractivity contribution in [3.63, 3.8) is 0 Å². The zero-order valence-electron chi connectivity index (χ0n) is 16.7. The summed E-state index contributed by atoms with van der Waals surface area (Å²) in [4.78, 5) is 24.9. The third-order valence-corrected chi connectivity index (χ3v) is 6.45. The minimum absolute atomic E-state index is 0.161. The van der Waals surface area contributed by atoms with E-state index in [0.29, 0.717) is 17.9 Å². The van der Waals surface area contributed by atoms with Gasteiger partial charge in [0, 0.05) is 16.3 Å². The molecule has 10 heteroatoms. The highest BCUT2D eigenvalue weighted by Crippen LogP contribution is 2.18. The van der Waals surface area contributed by atoms with Crippen LogP contribution in [0.3, 0.4) is 0 Å². The Morgan fingerprint density at radius 3 is 2.23 bits per heavy atom. The lowest BCUT2D eigenvalue weighted by Crippen LogP contribution is -2.38. The maximum atomic E-state index is 12.4. The second kappa shape index (κ2) is 10.1. The zero-order valence-corrected chi connectivity index (χ0v) is 18.3. The van der Waals surface area contributed by atoms with Crippen molar-refractivity contribution >= 4 is 44.7 Å². The van der Waals surface area contributed by atoms with Crippen molar-refractivity contribution in [1.82, 2.24) is 10.6 Å². The van der Waals surface area contributed by atoms with Gasteiger partial charge in [-0.3, -0.25) is 9.52 Å². The first-order valence-electron chi connectivity index (χ1n) is 9.35. The van der Waals surface area contributed by atoms with Crippen molar-refractivity contribution in [3.8, 4) is 0 Å². The Morgan fingerprint density at radius 1 is 0.903 bits per heavy atom. The van der Waals surface area contributed by atoms with Crippen molar-refractivity contribution in [3.05, 3.63) is 76.5 Å². The van der Waals surface area contributed by atoms with Gasteiger partial charge in [0.25, 0.3) is 10.0 Å². The number of hydrogen-bond donors (Lipinski definition) is 4. The smallest absolute Gasteiger partial charge is 0.319 e. The standard InChI is InChI=1S/C21H22N4O4S2/c1-15-4-10-19(11-5-15)31(28,29)25-17-8-6-16(7-9-17)24-21(27)23-14-20(26)22-13-18-3-2-12-30-18/h2-12,25H,13-14H2,1H3,(H,22,26)(H2,23,24,27). The summed E-state index contributed by atoms with van der Waals surface area (Å²) >= 11 is 1.54. The molecule has 2 aromatic carbocycles. The SMILES string of the molecule is Cc1ccc(S(=O)(=O)Nc2ccc(NC(=O)NCC(=O)NCc3cccs3)cc2)cc1. The minimum Gasteiger partial charge on any atom is -0.350 e. The molecule has 0 fully saturated rings. The predicted octanol–water partition coefficient (Wildman–Crippen LogP) is 3.30.